The van der Waals surface area contributed by atoms with Crippen LogP contribution in [-0.4, -0.2) is 40.3 Å². The molecule has 2 aromatic carbocycles. The molecule has 0 unspecified atom stereocenters. The maximum absolute atomic E-state index is 12.3. The molecule has 2 N–H and O–H groups in total. The van der Waals surface area contributed by atoms with Crippen molar-refractivity contribution in [1.82, 2.24) is 14.8 Å². The SMILES string of the molecule is COc1cc([C@@H]2CC(=O)Nc3ncnn32)ccc1OCC(=O)Nc1cccc(Cl)c1C. The first-order chi connectivity index (χ1) is 15.0. The van der Waals surface area contributed by atoms with Gasteiger partial charge in [0.15, 0.2) is 18.1 Å². The van der Waals surface area contributed by atoms with E-state index in [2.05, 4.69) is 20.7 Å². The molecule has 1 atom stereocenters. The van der Waals surface area contributed by atoms with E-state index in [0.29, 0.717) is 28.2 Å². The summed E-state index contributed by atoms with van der Waals surface area (Å²) in [4.78, 5) is 28.4. The van der Waals surface area contributed by atoms with Gasteiger partial charge >= 0.3 is 0 Å². The molecule has 1 aliphatic heterocycles. The first-order valence-electron chi connectivity index (χ1n) is 9.51. The molecule has 2 heterocycles. The number of nitrogens with one attached hydrogen (secondary N) is 2. The van der Waals surface area contributed by atoms with Crippen LogP contribution in [0.5, 0.6) is 11.5 Å². The summed E-state index contributed by atoms with van der Waals surface area (Å²) >= 11 is 6.09. The fraction of sp³-hybridized carbons (Fsp3) is 0.238. The Morgan fingerprint density at radius 1 is 1.32 bits per heavy atom. The number of anilines is 2. The number of hydrogen-bond acceptors (Lipinski definition) is 6. The maximum atomic E-state index is 12.3. The van der Waals surface area contributed by atoms with Gasteiger partial charge in [0, 0.05) is 10.7 Å². The molecule has 1 aliphatic rings. The van der Waals surface area contributed by atoms with E-state index in [9.17, 15) is 9.59 Å². The van der Waals surface area contributed by atoms with Gasteiger partial charge in [0.05, 0.1) is 19.6 Å². The average molecular weight is 442 g/mol. The largest absolute Gasteiger partial charge is 0.493 e. The van der Waals surface area contributed by atoms with Crippen LogP contribution in [0.15, 0.2) is 42.7 Å². The van der Waals surface area contributed by atoms with Gasteiger partial charge in [0.2, 0.25) is 11.9 Å². The predicted octanol–water partition coefficient (Wildman–Crippen LogP) is 3.20. The molecule has 4 rings (SSSR count). The third kappa shape index (κ3) is 4.31. The number of aromatic nitrogens is 3. The number of rotatable bonds is 6. The second-order valence-electron chi connectivity index (χ2n) is 6.96. The number of benzene rings is 2. The molecule has 0 bridgehead atoms. The van der Waals surface area contributed by atoms with Gasteiger partial charge in [-0.05, 0) is 42.3 Å². The van der Waals surface area contributed by atoms with Gasteiger partial charge in [-0.25, -0.2) is 4.68 Å². The van der Waals surface area contributed by atoms with Gasteiger partial charge in [-0.15, -0.1) is 0 Å². The second-order valence-corrected chi connectivity index (χ2v) is 7.36. The molecule has 2 amide bonds. The molecular weight excluding hydrogens is 422 g/mol. The lowest BCUT2D eigenvalue weighted by atomic mass is 10.0. The summed E-state index contributed by atoms with van der Waals surface area (Å²) in [7, 11) is 1.51. The van der Waals surface area contributed by atoms with E-state index in [1.165, 1.54) is 13.4 Å². The van der Waals surface area contributed by atoms with Gasteiger partial charge < -0.3 is 14.8 Å². The summed E-state index contributed by atoms with van der Waals surface area (Å²) in [5.74, 6) is 0.777. The molecule has 0 fully saturated rings. The Kier molecular flexibility index (Phi) is 5.77. The summed E-state index contributed by atoms with van der Waals surface area (Å²) in [5.41, 5.74) is 2.22. The smallest absolute Gasteiger partial charge is 0.262 e. The third-order valence-electron chi connectivity index (χ3n) is 4.97. The highest BCUT2D eigenvalue weighted by Crippen LogP contribution is 2.35. The second kappa shape index (κ2) is 8.65. The van der Waals surface area contributed by atoms with E-state index in [-0.39, 0.29) is 30.9 Å². The molecule has 31 heavy (non-hydrogen) atoms. The van der Waals surface area contributed by atoms with Crippen molar-refractivity contribution in [1.29, 1.82) is 0 Å². The van der Waals surface area contributed by atoms with E-state index < -0.39 is 0 Å². The monoisotopic (exact) mass is 441 g/mol. The lowest BCUT2D eigenvalue weighted by molar-refractivity contribution is -0.118. The highest BCUT2D eigenvalue weighted by atomic mass is 35.5. The molecule has 0 saturated heterocycles. The standard InChI is InChI=1S/C21H20ClN5O4/c1-12-14(22)4-3-5-15(12)25-20(29)10-31-17-7-6-13(8-18(17)30-2)16-9-19(28)26-21-23-11-24-27(16)21/h3-8,11,16H,9-10H2,1-2H3,(H,25,29)(H,23,24,26,28)/t16-/m0/s1. The van der Waals surface area contributed by atoms with Gasteiger partial charge in [-0.2, -0.15) is 10.1 Å². The first-order valence-corrected chi connectivity index (χ1v) is 9.89. The zero-order chi connectivity index (χ0) is 22.0. The zero-order valence-electron chi connectivity index (χ0n) is 16.9. The summed E-state index contributed by atoms with van der Waals surface area (Å²) in [6, 6.07) is 10.3. The van der Waals surface area contributed by atoms with Crippen LogP contribution in [-0.2, 0) is 9.59 Å². The van der Waals surface area contributed by atoms with Crippen molar-refractivity contribution in [2.75, 3.05) is 24.4 Å². The molecule has 9 nitrogen and oxygen atoms in total. The number of amides is 2. The van der Waals surface area contributed by atoms with Gasteiger partial charge in [0.25, 0.3) is 5.91 Å². The number of carbonyl (C=O) groups is 2. The summed E-state index contributed by atoms with van der Waals surface area (Å²) in [6.45, 7) is 1.62. The minimum atomic E-state index is -0.326. The van der Waals surface area contributed by atoms with Crippen LogP contribution < -0.4 is 20.1 Å². The third-order valence-corrected chi connectivity index (χ3v) is 5.38. The minimum absolute atomic E-state index is 0.141. The van der Waals surface area contributed by atoms with Crippen molar-refractivity contribution in [2.45, 2.75) is 19.4 Å². The number of fused-ring (bicyclic) bond motifs is 1. The fourth-order valence-electron chi connectivity index (χ4n) is 3.35. The highest BCUT2D eigenvalue weighted by molar-refractivity contribution is 6.31. The van der Waals surface area contributed by atoms with Gasteiger partial charge in [-0.3, -0.25) is 14.9 Å². The van der Waals surface area contributed by atoms with Crippen molar-refractivity contribution in [3.05, 3.63) is 58.9 Å². The van der Waals surface area contributed by atoms with Gasteiger partial charge in [-0.1, -0.05) is 23.7 Å². The lowest BCUT2D eigenvalue weighted by Crippen LogP contribution is -2.29. The average Bonchev–Trinajstić information content (AvgIpc) is 3.23. The molecule has 3 aromatic rings. The molecule has 0 saturated carbocycles. The summed E-state index contributed by atoms with van der Waals surface area (Å²) in [5, 5.41) is 10.2. The number of ether oxygens (including phenoxy) is 2. The number of carbonyl (C=O) groups excluding carboxylic acids is 2. The van der Waals surface area contributed by atoms with E-state index in [1.54, 1.807) is 35.0 Å². The molecule has 0 radical (unpaired) electrons. The van der Waals surface area contributed by atoms with Crippen molar-refractivity contribution < 1.29 is 19.1 Å². The van der Waals surface area contributed by atoms with E-state index >= 15 is 0 Å². The lowest BCUT2D eigenvalue weighted by Gasteiger charge is -2.24. The van der Waals surface area contributed by atoms with Crippen LogP contribution >= 0.6 is 11.6 Å². The van der Waals surface area contributed by atoms with E-state index in [1.807, 2.05) is 13.0 Å². The maximum Gasteiger partial charge on any atom is 0.262 e. The number of hydrogen-bond donors (Lipinski definition) is 2. The fourth-order valence-corrected chi connectivity index (χ4v) is 3.52. The normalized spacial score (nSPS) is 15.1. The minimum Gasteiger partial charge on any atom is -0.493 e. The number of halogens is 1. The Labute approximate surface area is 183 Å². The van der Waals surface area contributed by atoms with Crippen LogP contribution in [0.25, 0.3) is 0 Å². The first kappa shape index (κ1) is 20.7. The Balaban J connectivity index is 1.47. The summed E-state index contributed by atoms with van der Waals surface area (Å²) in [6.07, 6.45) is 1.62. The molecule has 0 spiro atoms. The van der Waals surface area contributed by atoms with Crippen LogP contribution in [0.3, 0.4) is 0 Å². The van der Waals surface area contributed by atoms with Crippen molar-refractivity contribution >= 4 is 35.1 Å². The summed E-state index contributed by atoms with van der Waals surface area (Å²) < 4.78 is 12.8. The number of nitrogens with zero attached hydrogens (tertiary/aromatic N) is 3. The van der Waals surface area contributed by atoms with Crippen molar-refractivity contribution in [3.8, 4) is 11.5 Å². The van der Waals surface area contributed by atoms with Crippen LogP contribution in [0, 0.1) is 6.92 Å². The van der Waals surface area contributed by atoms with Gasteiger partial charge in [0.1, 0.15) is 6.33 Å². The molecule has 1 aromatic heterocycles. The Bertz CT molecular complexity index is 1150. The van der Waals surface area contributed by atoms with Crippen LogP contribution in [0.4, 0.5) is 11.6 Å². The number of methoxy groups -OCH3 is 1. The topological polar surface area (TPSA) is 107 Å². The van der Waals surface area contributed by atoms with E-state index in [0.717, 1.165) is 11.1 Å². The van der Waals surface area contributed by atoms with Crippen molar-refractivity contribution in [2.24, 2.45) is 0 Å². The van der Waals surface area contributed by atoms with E-state index in [4.69, 9.17) is 21.1 Å². The molecule has 160 valence electrons. The Morgan fingerprint density at radius 3 is 2.97 bits per heavy atom. The van der Waals surface area contributed by atoms with Crippen LogP contribution in [0.2, 0.25) is 5.02 Å². The zero-order valence-corrected chi connectivity index (χ0v) is 17.6. The Hall–Kier alpha value is -3.59. The molecule has 10 heteroatoms. The molecular formula is C21H20ClN5O4. The predicted molar refractivity (Wildman–Crippen MR) is 115 cm³/mol. The highest BCUT2D eigenvalue weighted by Gasteiger charge is 2.28. The van der Waals surface area contributed by atoms with Crippen molar-refractivity contribution in [3.63, 3.8) is 0 Å². The van der Waals surface area contributed by atoms with Crippen LogP contribution in [0.1, 0.15) is 23.6 Å². The quantitative estimate of drug-likeness (QED) is 0.608. The Morgan fingerprint density at radius 2 is 2.16 bits per heavy atom. The molecule has 0 aliphatic carbocycles.